The van der Waals surface area contributed by atoms with Crippen molar-refractivity contribution < 1.29 is 9.13 Å². The Morgan fingerprint density at radius 2 is 1.91 bits per heavy atom. The Morgan fingerprint density at radius 1 is 1.14 bits per heavy atom. The molecule has 1 aromatic heterocycles. The molecule has 0 radical (unpaired) electrons. The first-order chi connectivity index (χ1) is 10.6. The number of hydrogen-bond donors (Lipinski definition) is 1. The molecule has 0 atom stereocenters. The number of anilines is 1. The van der Waals surface area contributed by atoms with E-state index in [0.717, 1.165) is 22.3 Å². The second kappa shape index (κ2) is 5.72. The van der Waals surface area contributed by atoms with E-state index in [4.69, 9.17) is 10.5 Å². The minimum Gasteiger partial charge on any atom is -0.484 e. The summed E-state index contributed by atoms with van der Waals surface area (Å²) in [7, 11) is 0. The maximum Gasteiger partial charge on any atom is 0.165 e. The maximum absolute atomic E-state index is 13.7. The molecule has 0 unspecified atom stereocenters. The van der Waals surface area contributed by atoms with E-state index >= 15 is 0 Å². The van der Waals surface area contributed by atoms with Crippen LogP contribution in [0.4, 0.5) is 10.1 Å². The highest BCUT2D eigenvalue weighted by Crippen LogP contribution is 2.29. The van der Waals surface area contributed by atoms with Gasteiger partial charge in [0.2, 0.25) is 0 Å². The van der Waals surface area contributed by atoms with Gasteiger partial charge in [0.25, 0.3) is 0 Å². The van der Waals surface area contributed by atoms with Crippen molar-refractivity contribution in [3.8, 4) is 5.75 Å². The fourth-order valence-corrected chi connectivity index (χ4v) is 2.76. The average Bonchev–Trinajstić information content (AvgIpc) is 2.86. The molecule has 22 heavy (non-hydrogen) atoms. The normalized spacial score (nSPS) is 11.3. The molecule has 0 fully saturated rings. The molecule has 2 N–H and O–H groups in total. The number of rotatable bonds is 4. The molecule has 0 aliphatic rings. The van der Waals surface area contributed by atoms with Crippen LogP contribution in [-0.2, 0) is 6.61 Å². The zero-order valence-corrected chi connectivity index (χ0v) is 12.7. The lowest BCUT2D eigenvalue weighted by atomic mass is 10.2. The first-order valence-electron chi connectivity index (χ1n) is 7.33. The van der Waals surface area contributed by atoms with Gasteiger partial charge in [-0.1, -0.05) is 18.2 Å². The molecule has 1 heterocycles. The van der Waals surface area contributed by atoms with Crippen molar-refractivity contribution in [3.05, 3.63) is 60.0 Å². The predicted octanol–water partition coefficient (Wildman–Crippen LogP) is 4.52. The highest BCUT2D eigenvalue weighted by atomic mass is 19.1. The van der Waals surface area contributed by atoms with Gasteiger partial charge in [-0.3, -0.25) is 0 Å². The Morgan fingerprint density at radius 3 is 2.64 bits per heavy atom. The maximum atomic E-state index is 13.7. The SMILES string of the molecule is CC(C)n1c(COc2ccccc2F)cc2c(N)cccc21. The topological polar surface area (TPSA) is 40.2 Å². The number of nitrogens with two attached hydrogens (primary N) is 1. The van der Waals surface area contributed by atoms with E-state index < -0.39 is 0 Å². The van der Waals surface area contributed by atoms with E-state index in [9.17, 15) is 4.39 Å². The van der Waals surface area contributed by atoms with E-state index in [1.807, 2.05) is 24.3 Å². The van der Waals surface area contributed by atoms with E-state index in [-0.39, 0.29) is 17.6 Å². The molecule has 0 aliphatic heterocycles. The number of halogens is 1. The highest BCUT2D eigenvalue weighted by molar-refractivity contribution is 5.92. The van der Waals surface area contributed by atoms with E-state index in [1.54, 1.807) is 18.2 Å². The molecular formula is C18H19FN2O. The largest absolute Gasteiger partial charge is 0.484 e. The summed E-state index contributed by atoms with van der Waals surface area (Å²) in [6.45, 7) is 4.51. The van der Waals surface area contributed by atoms with Crippen LogP contribution in [0.1, 0.15) is 25.6 Å². The van der Waals surface area contributed by atoms with Gasteiger partial charge in [0.1, 0.15) is 6.61 Å². The monoisotopic (exact) mass is 298 g/mol. The van der Waals surface area contributed by atoms with Crippen LogP contribution in [0.15, 0.2) is 48.5 Å². The highest BCUT2D eigenvalue weighted by Gasteiger charge is 2.14. The Kier molecular flexibility index (Phi) is 3.75. The summed E-state index contributed by atoms with van der Waals surface area (Å²) < 4.78 is 21.5. The molecule has 3 rings (SSSR count). The molecule has 0 aliphatic carbocycles. The average molecular weight is 298 g/mol. The van der Waals surface area contributed by atoms with Gasteiger partial charge in [0, 0.05) is 17.1 Å². The fourth-order valence-electron chi connectivity index (χ4n) is 2.76. The Balaban J connectivity index is 1.98. The lowest BCUT2D eigenvalue weighted by Gasteiger charge is -2.15. The van der Waals surface area contributed by atoms with Crippen LogP contribution in [0.25, 0.3) is 10.9 Å². The molecule has 0 spiro atoms. The Labute approximate surface area is 129 Å². The zero-order valence-electron chi connectivity index (χ0n) is 12.7. The smallest absolute Gasteiger partial charge is 0.165 e. The first kappa shape index (κ1) is 14.4. The minimum absolute atomic E-state index is 0.260. The number of nitrogen functional groups attached to an aromatic ring is 1. The standard InChI is InChI=1S/C18H19FN2O/c1-12(2)21-13(10-14-16(20)7-5-8-17(14)21)11-22-18-9-4-3-6-15(18)19/h3-10,12H,11,20H2,1-2H3. The van der Waals surface area contributed by atoms with Crippen molar-refractivity contribution >= 4 is 16.6 Å². The second-order valence-electron chi connectivity index (χ2n) is 5.60. The lowest BCUT2D eigenvalue weighted by molar-refractivity contribution is 0.279. The van der Waals surface area contributed by atoms with Crippen molar-refractivity contribution in [2.75, 3.05) is 5.73 Å². The third-order valence-electron chi connectivity index (χ3n) is 3.73. The zero-order chi connectivity index (χ0) is 15.7. The van der Waals surface area contributed by atoms with Crippen molar-refractivity contribution in [3.63, 3.8) is 0 Å². The number of benzene rings is 2. The van der Waals surface area contributed by atoms with Crippen LogP contribution in [0, 0.1) is 5.82 Å². The van der Waals surface area contributed by atoms with Crippen molar-refractivity contribution in [2.24, 2.45) is 0 Å². The van der Waals surface area contributed by atoms with Crippen LogP contribution in [0.3, 0.4) is 0 Å². The summed E-state index contributed by atoms with van der Waals surface area (Å²) in [5.74, 6) is -0.0924. The van der Waals surface area contributed by atoms with Crippen LogP contribution < -0.4 is 10.5 Å². The van der Waals surface area contributed by atoms with Gasteiger partial charge in [0.15, 0.2) is 11.6 Å². The summed E-state index contributed by atoms with van der Waals surface area (Å²) >= 11 is 0. The Bertz CT molecular complexity index is 808. The minimum atomic E-state index is -0.353. The fraction of sp³-hybridized carbons (Fsp3) is 0.222. The Hall–Kier alpha value is -2.49. The number of aromatic nitrogens is 1. The van der Waals surface area contributed by atoms with Gasteiger partial charge in [-0.15, -0.1) is 0 Å². The van der Waals surface area contributed by atoms with Crippen LogP contribution in [0.2, 0.25) is 0 Å². The van der Waals surface area contributed by atoms with E-state index in [1.165, 1.54) is 6.07 Å². The van der Waals surface area contributed by atoms with Gasteiger partial charge in [0.05, 0.1) is 11.2 Å². The summed E-state index contributed by atoms with van der Waals surface area (Å²) in [4.78, 5) is 0. The summed E-state index contributed by atoms with van der Waals surface area (Å²) in [5.41, 5.74) is 8.85. The second-order valence-corrected chi connectivity index (χ2v) is 5.60. The van der Waals surface area contributed by atoms with Crippen molar-refractivity contribution in [2.45, 2.75) is 26.5 Å². The van der Waals surface area contributed by atoms with Gasteiger partial charge < -0.3 is 15.0 Å². The van der Waals surface area contributed by atoms with E-state index in [2.05, 4.69) is 18.4 Å². The number of para-hydroxylation sites is 1. The first-order valence-corrected chi connectivity index (χ1v) is 7.33. The van der Waals surface area contributed by atoms with Crippen LogP contribution in [-0.4, -0.2) is 4.57 Å². The predicted molar refractivity (Wildman–Crippen MR) is 87.5 cm³/mol. The molecule has 4 heteroatoms. The quantitative estimate of drug-likeness (QED) is 0.719. The van der Waals surface area contributed by atoms with E-state index in [0.29, 0.717) is 6.61 Å². The summed E-state index contributed by atoms with van der Waals surface area (Å²) in [6.07, 6.45) is 0. The third kappa shape index (κ3) is 2.52. The van der Waals surface area contributed by atoms with Gasteiger partial charge >= 0.3 is 0 Å². The summed E-state index contributed by atoms with van der Waals surface area (Å²) in [5, 5.41) is 1.00. The molecule has 3 nitrogen and oxygen atoms in total. The molecule has 3 aromatic rings. The molecule has 0 bridgehead atoms. The molecule has 0 saturated heterocycles. The van der Waals surface area contributed by atoms with Gasteiger partial charge in [-0.2, -0.15) is 0 Å². The number of fused-ring (bicyclic) bond motifs is 1. The molecule has 0 saturated carbocycles. The number of nitrogens with zero attached hydrogens (tertiary/aromatic N) is 1. The molecule has 2 aromatic carbocycles. The lowest BCUT2D eigenvalue weighted by Crippen LogP contribution is -2.08. The van der Waals surface area contributed by atoms with Crippen LogP contribution >= 0.6 is 0 Å². The third-order valence-corrected chi connectivity index (χ3v) is 3.73. The molecule has 0 amide bonds. The van der Waals surface area contributed by atoms with Gasteiger partial charge in [-0.05, 0) is 44.2 Å². The van der Waals surface area contributed by atoms with Crippen molar-refractivity contribution in [1.29, 1.82) is 0 Å². The van der Waals surface area contributed by atoms with Crippen molar-refractivity contribution in [1.82, 2.24) is 4.57 Å². The number of ether oxygens (including phenoxy) is 1. The number of hydrogen-bond acceptors (Lipinski definition) is 2. The summed E-state index contributed by atoms with van der Waals surface area (Å²) in [6, 6.07) is 14.6. The molecule has 114 valence electrons. The van der Waals surface area contributed by atoms with Crippen LogP contribution in [0.5, 0.6) is 5.75 Å². The van der Waals surface area contributed by atoms with Gasteiger partial charge in [-0.25, -0.2) is 4.39 Å². The molecular weight excluding hydrogens is 279 g/mol.